The van der Waals surface area contributed by atoms with E-state index in [1.807, 2.05) is 0 Å². The Labute approximate surface area is 124 Å². The molecular weight excluding hydrogens is 256 g/mol. The molecule has 2 heteroatoms. The fraction of sp³-hybridized carbons (Fsp3) is 1.00. The molecule has 0 bridgehead atoms. The van der Waals surface area contributed by atoms with Gasteiger partial charge in [-0.2, -0.15) is 23.5 Å². The zero-order chi connectivity index (χ0) is 13.3. The molecule has 110 valence electrons. The van der Waals surface area contributed by atoms with Crippen molar-refractivity contribution in [2.24, 2.45) is 0 Å². The molecule has 0 radical (unpaired) electrons. The van der Waals surface area contributed by atoms with E-state index in [1.54, 1.807) is 0 Å². The highest BCUT2D eigenvalue weighted by molar-refractivity contribution is 7.99. The van der Waals surface area contributed by atoms with E-state index in [-0.39, 0.29) is 0 Å². The molecule has 0 saturated heterocycles. The van der Waals surface area contributed by atoms with E-state index in [1.165, 1.54) is 87.2 Å². The summed E-state index contributed by atoms with van der Waals surface area (Å²) in [5.74, 6) is 5.57. The van der Waals surface area contributed by atoms with Gasteiger partial charge in [0.2, 0.25) is 0 Å². The van der Waals surface area contributed by atoms with E-state index in [9.17, 15) is 0 Å². The summed E-state index contributed by atoms with van der Waals surface area (Å²) in [4.78, 5) is 0. The van der Waals surface area contributed by atoms with Crippen LogP contribution in [-0.2, 0) is 0 Å². The van der Waals surface area contributed by atoms with Gasteiger partial charge in [-0.1, -0.05) is 52.4 Å². The zero-order valence-electron chi connectivity index (χ0n) is 12.7. The fourth-order valence-corrected chi connectivity index (χ4v) is 3.92. The molecule has 0 saturated carbocycles. The lowest BCUT2D eigenvalue weighted by Crippen LogP contribution is -1.87. The van der Waals surface area contributed by atoms with Crippen molar-refractivity contribution in [2.45, 2.75) is 78.1 Å². The van der Waals surface area contributed by atoms with Gasteiger partial charge >= 0.3 is 0 Å². The lowest BCUT2D eigenvalue weighted by molar-refractivity contribution is 0.709. The third kappa shape index (κ3) is 16.7. The molecule has 0 nitrogen and oxygen atoms in total. The van der Waals surface area contributed by atoms with Crippen LogP contribution in [-0.4, -0.2) is 23.0 Å². The van der Waals surface area contributed by atoms with Gasteiger partial charge in [-0.25, -0.2) is 0 Å². The first-order valence-corrected chi connectivity index (χ1v) is 10.4. The van der Waals surface area contributed by atoms with Crippen LogP contribution in [0.5, 0.6) is 0 Å². The number of thioether (sulfide) groups is 2. The van der Waals surface area contributed by atoms with Gasteiger partial charge in [-0.15, -0.1) is 0 Å². The van der Waals surface area contributed by atoms with Gasteiger partial charge in [0.05, 0.1) is 0 Å². The normalized spacial score (nSPS) is 11.0. The van der Waals surface area contributed by atoms with Crippen molar-refractivity contribution >= 4 is 23.5 Å². The monoisotopic (exact) mass is 290 g/mol. The lowest BCUT2D eigenvalue weighted by Gasteiger charge is -2.03. The Balaban J connectivity index is 2.86. The number of hydrogen-bond acceptors (Lipinski definition) is 2. The Hall–Kier alpha value is 0.700. The summed E-state index contributed by atoms with van der Waals surface area (Å²) in [5, 5.41) is 0. The summed E-state index contributed by atoms with van der Waals surface area (Å²) in [7, 11) is 0. The number of unbranched alkanes of at least 4 members (excludes halogenated alkanes) is 7. The fourth-order valence-electron chi connectivity index (χ4n) is 1.87. The second-order valence-corrected chi connectivity index (χ2v) is 7.50. The van der Waals surface area contributed by atoms with Gasteiger partial charge in [-0.3, -0.25) is 0 Å². The van der Waals surface area contributed by atoms with Crippen molar-refractivity contribution < 1.29 is 0 Å². The molecule has 0 spiro atoms. The number of rotatable bonds is 15. The Morgan fingerprint density at radius 1 is 0.444 bits per heavy atom. The second-order valence-electron chi connectivity index (χ2n) is 5.05. The van der Waals surface area contributed by atoms with Gasteiger partial charge in [0, 0.05) is 0 Å². The van der Waals surface area contributed by atoms with Crippen LogP contribution in [0.25, 0.3) is 0 Å². The third-order valence-electron chi connectivity index (χ3n) is 3.11. The zero-order valence-corrected chi connectivity index (χ0v) is 14.3. The standard InChI is InChI=1S/C16H34S2/c1-3-5-9-13-17-15-11-7-8-12-16-18-14-10-6-4-2/h3-16H2,1-2H3. The Bertz CT molecular complexity index is 121. The van der Waals surface area contributed by atoms with Crippen molar-refractivity contribution in [3.63, 3.8) is 0 Å². The molecule has 0 rings (SSSR count). The SMILES string of the molecule is CCCCCSCCCCCCSCCCCC. The molecule has 0 aromatic heterocycles. The van der Waals surface area contributed by atoms with Crippen LogP contribution in [0.3, 0.4) is 0 Å². The highest BCUT2D eigenvalue weighted by atomic mass is 32.2. The average Bonchev–Trinajstić information content (AvgIpc) is 2.39. The third-order valence-corrected chi connectivity index (χ3v) is 5.42. The summed E-state index contributed by atoms with van der Waals surface area (Å²) in [6.45, 7) is 4.57. The maximum absolute atomic E-state index is 2.28. The Morgan fingerprint density at radius 2 is 0.778 bits per heavy atom. The van der Waals surface area contributed by atoms with E-state index in [0.717, 1.165) is 0 Å². The van der Waals surface area contributed by atoms with Crippen LogP contribution in [0.2, 0.25) is 0 Å². The predicted molar refractivity (Wildman–Crippen MR) is 92.2 cm³/mol. The highest BCUT2D eigenvalue weighted by Gasteiger charge is 1.93. The smallest absolute Gasteiger partial charge is 0.00675 e. The van der Waals surface area contributed by atoms with Gasteiger partial charge in [-0.05, 0) is 48.7 Å². The largest absolute Gasteiger partial charge is 0.162 e. The molecule has 0 aromatic rings. The van der Waals surface area contributed by atoms with Crippen LogP contribution < -0.4 is 0 Å². The molecule has 0 N–H and O–H groups in total. The average molecular weight is 291 g/mol. The first-order valence-electron chi connectivity index (χ1n) is 8.07. The second kappa shape index (κ2) is 17.7. The summed E-state index contributed by atoms with van der Waals surface area (Å²) in [5.41, 5.74) is 0. The molecule has 0 heterocycles. The van der Waals surface area contributed by atoms with E-state index >= 15 is 0 Å². The summed E-state index contributed by atoms with van der Waals surface area (Å²) in [6.07, 6.45) is 14.2. The van der Waals surface area contributed by atoms with Crippen molar-refractivity contribution in [2.75, 3.05) is 23.0 Å². The molecular formula is C16H34S2. The minimum absolute atomic E-state index is 1.36. The predicted octanol–water partition coefficient (Wildman–Crippen LogP) is 6.39. The molecule has 0 aromatic carbocycles. The quantitative estimate of drug-likeness (QED) is 0.320. The van der Waals surface area contributed by atoms with Gasteiger partial charge < -0.3 is 0 Å². The number of hydrogen-bond donors (Lipinski definition) is 0. The van der Waals surface area contributed by atoms with Crippen LogP contribution in [0, 0.1) is 0 Å². The molecule has 0 amide bonds. The van der Waals surface area contributed by atoms with Crippen molar-refractivity contribution in [1.82, 2.24) is 0 Å². The maximum Gasteiger partial charge on any atom is -0.00675 e. The summed E-state index contributed by atoms with van der Waals surface area (Å²) in [6, 6.07) is 0. The lowest BCUT2D eigenvalue weighted by atomic mass is 10.2. The molecule has 18 heavy (non-hydrogen) atoms. The Kier molecular flexibility index (Phi) is 18.4. The van der Waals surface area contributed by atoms with Crippen molar-refractivity contribution in [3.05, 3.63) is 0 Å². The molecule has 0 aliphatic heterocycles. The van der Waals surface area contributed by atoms with E-state index < -0.39 is 0 Å². The molecule has 0 fully saturated rings. The minimum Gasteiger partial charge on any atom is -0.162 e. The highest BCUT2D eigenvalue weighted by Crippen LogP contribution is 2.13. The molecule has 0 unspecified atom stereocenters. The summed E-state index contributed by atoms with van der Waals surface area (Å²) >= 11 is 4.33. The van der Waals surface area contributed by atoms with Gasteiger partial charge in [0.15, 0.2) is 0 Å². The molecule has 0 aliphatic rings. The maximum atomic E-state index is 2.28. The minimum atomic E-state index is 1.36. The van der Waals surface area contributed by atoms with Crippen molar-refractivity contribution in [1.29, 1.82) is 0 Å². The van der Waals surface area contributed by atoms with Crippen LogP contribution in [0.1, 0.15) is 78.1 Å². The first kappa shape index (κ1) is 18.7. The van der Waals surface area contributed by atoms with Crippen LogP contribution in [0.15, 0.2) is 0 Å². The molecule has 0 atom stereocenters. The molecule has 0 aliphatic carbocycles. The Morgan fingerprint density at radius 3 is 1.11 bits per heavy atom. The van der Waals surface area contributed by atoms with E-state index in [0.29, 0.717) is 0 Å². The summed E-state index contributed by atoms with van der Waals surface area (Å²) < 4.78 is 0. The van der Waals surface area contributed by atoms with Gasteiger partial charge in [0.1, 0.15) is 0 Å². The van der Waals surface area contributed by atoms with Crippen LogP contribution in [0.4, 0.5) is 0 Å². The topological polar surface area (TPSA) is 0 Å². The van der Waals surface area contributed by atoms with Crippen LogP contribution >= 0.6 is 23.5 Å². The van der Waals surface area contributed by atoms with Crippen molar-refractivity contribution in [3.8, 4) is 0 Å². The first-order chi connectivity index (χ1) is 8.91. The van der Waals surface area contributed by atoms with E-state index in [4.69, 9.17) is 0 Å². The van der Waals surface area contributed by atoms with Gasteiger partial charge in [0.25, 0.3) is 0 Å². The van der Waals surface area contributed by atoms with E-state index in [2.05, 4.69) is 37.4 Å².